The number of aromatic nitrogens is 1. The van der Waals surface area contributed by atoms with E-state index in [4.69, 9.17) is 10.5 Å². The Bertz CT molecular complexity index is 397. The molecular formula is C15H25N3O. The van der Waals surface area contributed by atoms with E-state index in [1.54, 1.807) is 0 Å². The minimum atomic E-state index is 0.377. The maximum Gasteiger partial charge on any atom is 0.171 e. The zero-order chi connectivity index (χ0) is 13.7. The number of piperidine rings is 1. The fourth-order valence-corrected chi connectivity index (χ4v) is 2.68. The molecule has 2 rings (SSSR count). The molecule has 2 unspecified atom stereocenters. The van der Waals surface area contributed by atoms with E-state index in [1.165, 1.54) is 6.42 Å². The van der Waals surface area contributed by atoms with Crippen molar-refractivity contribution in [3.05, 3.63) is 18.3 Å². The summed E-state index contributed by atoms with van der Waals surface area (Å²) < 4.78 is 5.81. The number of anilines is 1. The van der Waals surface area contributed by atoms with Crippen molar-refractivity contribution < 1.29 is 4.74 Å². The van der Waals surface area contributed by atoms with Gasteiger partial charge in [-0.05, 0) is 37.3 Å². The number of rotatable bonds is 5. The highest BCUT2D eigenvalue weighted by Gasteiger charge is 2.28. The van der Waals surface area contributed by atoms with Gasteiger partial charge < -0.3 is 15.4 Å². The zero-order valence-corrected chi connectivity index (χ0v) is 12.0. The number of nitrogens with zero attached hydrogens (tertiary/aromatic N) is 2. The summed E-state index contributed by atoms with van der Waals surface area (Å²) in [4.78, 5) is 6.85. The van der Waals surface area contributed by atoms with Gasteiger partial charge in [-0.25, -0.2) is 4.98 Å². The molecule has 1 aromatic heterocycles. The van der Waals surface area contributed by atoms with Crippen molar-refractivity contribution in [1.29, 1.82) is 0 Å². The summed E-state index contributed by atoms with van der Waals surface area (Å²) in [5, 5.41) is 0. The standard InChI is InChI=1S/C15H25N3O/c1-3-9-19-14-5-4-7-17-15(14)18-8-6-12(2)10-13(18)11-16/h4-5,7,12-13H,3,6,8-11,16H2,1-2H3. The van der Waals surface area contributed by atoms with Crippen molar-refractivity contribution >= 4 is 5.82 Å². The second kappa shape index (κ2) is 6.75. The van der Waals surface area contributed by atoms with Crippen molar-refractivity contribution in [2.75, 3.05) is 24.6 Å². The van der Waals surface area contributed by atoms with Crippen LogP contribution in [0.5, 0.6) is 5.75 Å². The van der Waals surface area contributed by atoms with Crippen LogP contribution in [-0.4, -0.2) is 30.7 Å². The molecule has 0 bridgehead atoms. The molecule has 2 heterocycles. The third-order valence-corrected chi connectivity index (χ3v) is 3.73. The summed E-state index contributed by atoms with van der Waals surface area (Å²) in [6, 6.07) is 4.31. The van der Waals surface area contributed by atoms with Crippen molar-refractivity contribution in [3.8, 4) is 5.75 Å². The Balaban J connectivity index is 2.19. The Morgan fingerprint density at radius 3 is 3.11 bits per heavy atom. The molecule has 1 aliphatic heterocycles. The summed E-state index contributed by atoms with van der Waals surface area (Å²) >= 11 is 0. The van der Waals surface area contributed by atoms with E-state index >= 15 is 0 Å². The monoisotopic (exact) mass is 263 g/mol. The molecule has 1 fully saturated rings. The van der Waals surface area contributed by atoms with Crippen molar-refractivity contribution in [2.24, 2.45) is 11.7 Å². The number of hydrogen-bond donors (Lipinski definition) is 1. The zero-order valence-electron chi connectivity index (χ0n) is 12.0. The molecule has 2 N–H and O–H groups in total. The maximum absolute atomic E-state index is 5.93. The average Bonchev–Trinajstić information content (AvgIpc) is 2.45. The molecule has 1 aliphatic rings. The van der Waals surface area contributed by atoms with Gasteiger partial charge in [0.25, 0.3) is 0 Å². The quantitative estimate of drug-likeness (QED) is 0.886. The van der Waals surface area contributed by atoms with Crippen LogP contribution >= 0.6 is 0 Å². The molecule has 19 heavy (non-hydrogen) atoms. The number of pyridine rings is 1. The summed E-state index contributed by atoms with van der Waals surface area (Å²) in [5.74, 6) is 2.59. The molecule has 106 valence electrons. The molecule has 0 radical (unpaired) electrons. The van der Waals surface area contributed by atoms with Crippen LogP contribution in [0.25, 0.3) is 0 Å². The van der Waals surface area contributed by atoms with Crippen molar-refractivity contribution in [2.45, 2.75) is 39.2 Å². The third-order valence-electron chi connectivity index (χ3n) is 3.73. The van der Waals surface area contributed by atoms with Crippen LogP contribution in [0.15, 0.2) is 18.3 Å². The Hall–Kier alpha value is -1.29. The van der Waals surface area contributed by atoms with Crippen LogP contribution < -0.4 is 15.4 Å². The van der Waals surface area contributed by atoms with Crippen LogP contribution in [0.2, 0.25) is 0 Å². The Morgan fingerprint density at radius 1 is 1.53 bits per heavy atom. The summed E-state index contributed by atoms with van der Waals surface area (Å²) in [5.41, 5.74) is 5.93. The summed E-state index contributed by atoms with van der Waals surface area (Å²) in [6.45, 7) is 6.83. The minimum Gasteiger partial charge on any atom is -0.490 e. The van der Waals surface area contributed by atoms with Gasteiger partial charge in [0.05, 0.1) is 6.61 Å². The second-order valence-electron chi connectivity index (χ2n) is 5.39. The Kier molecular flexibility index (Phi) is 5.02. The van der Waals surface area contributed by atoms with Gasteiger partial charge in [0.1, 0.15) is 0 Å². The molecule has 4 nitrogen and oxygen atoms in total. The highest BCUT2D eigenvalue weighted by atomic mass is 16.5. The van der Waals surface area contributed by atoms with Crippen LogP contribution in [0, 0.1) is 5.92 Å². The largest absolute Gasteiger partial charge is 0.490 e. The van der Waals surface area contributed by atoms with Gasteiger partial charge in [-0.2, -0.15) is 0 Å². The lowest BCUT2D eigenvalue weighted by Gasteiger charge is -2.39. The molecule has 1 aromatic rings. The molecule has 1 saturated heterocycles. The first kappa shape index (κ1) is 14.1. The van der Waals surface area contributed by atoms with E-state index in [-0.39, 0.29) is 0 Å². The van der Waals surface area contributed by atoms with E-state index in [0.717, 1.165) is 43.5 Å². The normalized spacial score (nSPS) is 23.4. The van der Waals surface area contributed by atoms with Crippen LogP contribution in [0.3, 0.4) is 0 Å². The molecule has 0 aromatic carbocycles. The second-order valence-corrected chi connectivity index (χ2v) is 5.39. The molecule has 4 heteroatoms. The lowest BCUT2D eigenvalue weighted by Crippen LogP contribution is -2.46. The third kappa shape index (κ3) is 3.38. The van der Waals surface area contributed by atoms with Gasteiger partial charge in [-0.15, -0.1) is 0 Å². The van der Waals surface area contributed by atoms with Crippen LogP contribution in [0.1, 0.15) is 33.1 Å². The SMILES string of the molecule is CCCOc1cccnc1N1CCC(C)CC1CN. The smallest absolute Gasteiger partial charge is 0.171 e. The molecule has 2 atom stereocenters. The van der Waals surface area contributed by atoms with Gasteiger partial charge in [0.15, 0.2) is 11.6 Å². The minimum absolute atomic E-state index is 0.377. The first-order chi connectivity index (χ1) is 9.26. The molecule has 0 spiro atoms. The molecule has 0 amide bonds. The Morgan fingerprint density at radius 2 is 2.37 bits per heavy atom. The van der Waals surface area contributed by atoms with Gasteiger partial charge in [0.2, 0.25) is 0 Å². The van der Waals surface area contributed by atoms with E-state index < -0.39 is 0 Å². The van der Waals surface area contributed by atoms with E-state index in [9.17, 15) is 0 Å². The van der Waals surface area contributed by atoms with Crippen molar-refractivity contribution in [1.82, 2.24) is 4.98 Å². The van der Waals surface area contributed by atoms with Crippen molar-refractivity contribution in [3.63, 3.8) is 0 Å². The molecule has 0 saturated carbocycles. The summed E-state index contributed by atoms with van der Waals surface area (Å²) in [6.07, 6.45) is 5.17. The van der Waals surface area contributed by atoms with Gasteiger partial charge in [-0.3, -0.25) is 0 Å². The first-order valence-electron chi connectivity index (χ1n) is 7.30. The Labute approximate surface area is 116 Å². The lowest BCUT2D eigenvalue weighted by molar-refractivity contribution is 0.310. The first-order valence-corrected chi connectivity index (χ1v) is 7.30. The lowest BCUT2D eigenvalue weighted by atomic mass is 9.92. The molecule has 0 aliphatic carbocycles. The highest BCUT2D eigenvalue weighted by molar-refractivity contribution is 5.53. The van der Waals surface area contributed by atoms with Crippen LogP contribution in [0.4, 0.5) is 5.82 Å². The predicted octanol–water partition coefficient (Wildman–Crippen LogP) is 2.43. The number of hydrogen-bond acceptors (Lipinski definition) is 4. The van der Waals surface area contributed by atoms with E-state index in [0.29, 0.717) is 12.6 Å². The molecular weight excluding hydrogens is 238 g/mol. The fraction of sp³-hybridized carbons (Fsp3) is 0.667. The predicted molar refractivity (Wildman–Crippen MR) is 78.6 cm³/mol. The van der Waals surface area contributed by atoms with Gasteiger partial charge in [-0.1, -0.05) is 13.8 Å². The van der Waals surface area contributed by atoms with Gasteiger partial charge in [0, 0.05) is 25.3 Å². The van der Waals surface area contributed by atoms with E-state index in [2.05, 4.69) is 23.7 Å². The number of ether oxygens (including phenoxy) is 1. The fourth-order valence-electron chi connectivity index (χ4n) is 2.68. The van der Waals surface area contributed by atoms with Crippen LogP contribution in [-0.2, 0) is 0 Å². The van der Waals surface area contributed by atoms with Gasteiger partial charge >= 0.3 is 0 Å². The topological polar surface area (TPSA) is 51.4 Å². The van der Waals surface area contributed by atoms with E-state index in [1.807, 2.05) is 18.3 Å². The summed E-state index contributed by atoms with van der Waals surface area (Å²) in [7, 11) is 0. The maximum atomic E-state index is 5.93. The average molecular weight is 263 g/mol. The number of nitrogens with two attached hydrogens (primary N) is 1. The highest BCUT2D eigenvalue weighted by Crippen LogP contribution is 2.32.